The van der Waals surface area contributed by atoms with E-state index in [0.717, 1.165) is 0 Å². The molecule has 0 unspecified atom stereocenters. The van der Waals surface area contributed by atoms with E-state index in [-0.39, 0.29) is 49.1 Å². The number of ketones is 2. The molecule has 12 nitrogen and oxygen atoms in total. The number of hydrogen-bond donors (Lipinski definition) is 6. The highest BCUT2D eigenvalue weighted by Gasteiger charge is 2.59. The number of fused-ring (bicyclic) bond motifs is 3. The van der Waals surface area contributed by atoms with Gasteiger partial charge in [0.15, 0.2) is 11.4 Å². The number of alkyl carbamates (subject to hydrolysis) is 1. The van der Waals surface area contributed by atoms with Crippen molar-refractivity contribution in [3.8, 4) is 5.75 Å². The van der Waals surface area contributed by atoms with Gasteiger partial charge in [-0.2, -0.15) is 0 Å². The maximum atomic E-state index is 13.8. The molecule has 4 rings (SSSR count). The number of aromatic hydroxyl groups is 1. The molecular formula is C25H29N3O9. The number of rotatable bonds is 5. The summed E-state index contributed by atoms with van der Waals surface area (Å²) in [6.45, 7) is 1.63. The molecule has 1 aromatic rings. The fourth-order valence-electron chi connectivity index (χ4n) is 5.60. The van der Waals surface area contributed by atoms with Gasteiger partial charge in [0, 0.05) is 49.8 Å². The number of allylic oxidation sites excluding steroid dienone is 2. The number of amides is 2. The van der Waals surface area contributed by atoms with Crippen LogP contribution < -0.4 is 16.0 Å². The van der Waals surface area contributed by atoms with E-state index in [9.17, 15) is 39.6 Å². The summed E-state index contributed by atoms with van der Waals surface area (Å²) in [5.41, 5.74) is 2.71. The first-order chi connectivity index (χ1) is 17.3. The molecule has 0 aliphatic heterocycles. The summed E-state index contributed by atoms with van der Waals surface area (Å²) in [7, 11) is 3.49. The molecule has 37 heavy (non-hydrogen) atoms. The average molecular weight is 516 g/mol. The molecule has 7 N–H and O–H groups in total. The van der Waals surface area contributed by atoms with Crippen LogP contribution in [-0.2, 0) is 27.3 Å². The molecule has 12 heteroatoms. The second-order valence-corrected chi connectivity index (χ2v) is 9.64. The normalized spacial score (nSPS) is 24.8. The molecule has 0 spiro atoms. The summed E-state index contributed by atoms with van der Waals surface area (Å²) in [4.78, 5) is 52.1. The maximum absolute atomic E-state index is 13.8. The predicted molar refractivity (Wildman–Crippen MR) is 129 cm³/mol. The minimum Gasteiger partial charge on any atom is -0.511 e. The van der Waals surface area contributed by atoms with Gasteiger partial charge < -0.3 is 41.1 Å². The Morgan fingerprint density at radius 1 is 1.22 bits per heavy atom. The van der Waals surface area contributed by atoms with Crippen molar-refractivity contribution in [2.75, 3.05) is 25.6 Å². The lowest BCUT2D eigenvalue weighted by molar-refractivity contribution is -0.144. The largest absolute Gasteiger partial charge is 0.511 e. The highest BCUT2D eigenvalue weighted by Crippen LogP contribution is 2.52. The lowest BCUT2D eigenvalue weighted by Gasteiger charge is -2.46. The Kier molecular flexibility index (Phi) is 6.40. The number of Topliss-reactive ketones (excluding diaryl/α,β-unsaturated/α-hetero) is 2. The molecular weight excluding hydrogens is 486 g/mol. The summed E-state index contributed by atoms with van der Waals surface area (Å²) < 4.78 is 4.84. The van der Waals surface area contributed by atoms with Gasteiger partial charge in [0.05, 0.1) is 12.2 Å². The third-order valence-corrected chi connectivity index (χ3v) is 7.30. The number of phenolic OH excluding ortho intramolecular Hbond substituents is 1. The van der Waals surface area contributed by atoms with Crippen molar-refractivity contribution in [3.63, 3.8) is 0 Å². The third kappa shape index (κ3) is 3.88. The lowest BCUT2D eigenvalue weighted by Crippen LogP contribution is -2.57. The van der Waals surface area contributed by atoms with Gasteiger partial charge in [0.25, 0.3) is 5.91 Å². The smallest absolute Gasteiger partial charge is 0.407 e. The van der Waals surface area contributed by atoms with Crippen LogP contribution in [0.25, 0.3) is 0 Å². The van der Waals surface area contributed by atoms with E-state index < -0.39 is 63.8 Å². The van der Waals surface area contributed by atoms with Crippen LogP contribution in [0.1, 0.15) is 41.3 Å². The van der Waals surface area contributed by atoms with Crippen molar-refractivity contribution in [2.24, 2.45) is 17.6 Å². The van der Waals surface area contributed by atoms with Gasteiger partial charge >= 0.3 is 6.09 Å². The number of anilines is 1. The topological polar surface area (TPSA) is 200 Å². The summed E-state index contributed by atoms with van der Waals surface area (Å²) in [5.74, 6) is -6.87. The standard InChI is InChI=1S/C25H29N3O9/c1-4-37-24(35)27-9-11-7-14(28(2)3)13-6-10-5-12-8-15(29)18(23(26)34)22(33)25(12,36)21(32)16(10)20(31)17(13)19(11)30/h7,10,12,29-30,32,36H,4-6,8-9H2,1-3H3,(H2,26,34)(H,27,35)/t10-,12+,25+/m1/s1. The van der Waals surface area contributed by atoms with E-state index in [4.69, 9.17) is 10.5 Å². The van der Waals surface area contributed by atoms with Crippen molar-refractivity contribution in [1.82, 2.24) is 5.32 Å². The Morgan fingerprint density at radius 3 is 2.49 bits per heavy atom. The van der Waals surface area contributed by atoms with Crippen LogP contribution in [0.3, 0.4) is 0 Å². The molecule has 0 heterocycles. The molecule has 3 aliphatic carbocycles. The fraction of sp³-hybridized carbons (Fsp3) is 0.440. The van der Waals surface area contributed by atoms with Crippen LogP contribution in [0.4, 0.5) is 10.5 Å². The van der Waals surface area contributed by atoms with Crippen molar-refractivity contribution in [1.29, 1.82) is 0 Å². The highest BCUT2D eigenvalue weighted by molar-refractivity contribution is 6.24. The second kappa shape index (κ2) is 9.11. The SMILES string of the molecule is CCOC(=O)NCc1cc(N(C)C)c2c(c1O)C(=O)C1=C(O)[C@]3(O)C(=O)C(C(N)=O)=C(O)C[C@@H]3C[C@@H]1C2. The lowest BCUT2D eigenvalue weighted by atomic mass is 9.60. The van der Waals surface area contributed by atoms with Crippen molar-refractivity contribution >= 4 is 29.3 Å². The van der Waals surface area contributed by atoms with Crippen LogP contribution in [0.15, 0.2) is 28.7 Å². The number of nitrogens with one attached hydrogen (secondary N) is 1. The third-order valence-electron chi connectivity index (χ3n) is 7.30. The number of nitrogens with zero attached hydrogens (tertiary/aromatic N) is 1. The molecule has 0 bridgehead atoms. The van der Waals surface area contributed by atoms with Crippen molar-refractivity contribution in [2.45, 2.75) is 38.3 Å². The van der Waals surface area contributed by atoms with E-state index in [2.05, 4.69) is 5.32 Å². The molecule has 3 atom stereocenters. The second-order valence-electron chi connectivity index (χ2n) is 9.64. The minimum atomic E-state index is -2.63. The first-order valence-corrected chi connectivity index (χ1v) is 11.8. The monoisotopic (exact) mass is 515 g/mol. The summed E-state index contributed by atoms with van der Waals surface area (Å²) in [6, 6.07) is 1.64. The number of aliphatic hydroxyl groups is 3. The molecule has 0 radical (unpaired) electrons. The van der Waals surface area contributed by atoms with Gasteiger partial charge in [-0.1, -0.05) is 0 Å². The van der Waals surface area contributed by atoms with Crippen LogP contribution >= 0.6 is 0 Å². The number of nitrogens with two attached hydrogens (primary N) is 1. The zero-order valence-electron chi connectivity index (χ0n) is 20.6. The summed E-state index contributed by atoms with van der Waals surface area (Å²) in [6.07, 6.45) is -0.778. The van der Waals surface area contributed by atoms with Crippen LogP contribution in [0, 0.1) is 11.8 Å². The van der Waals surface area contributed by atoms with E-state index in [0.29, 0.717) is 11.3 Å². The van der Waals surface area contributed by atoms with Crippen LogP contribution in [-0.4, -0.2) is 70.3 Å². The molecule has 1 aromatic carbocycles. The predicted octanol–water partition coefficient (Wildman–Crippen LogP) is 0.893. The van der Waals surface area contributed by atoms with E-state index in [1.54, 1.807) is 32.0 Å². The van der Waals surface area contributed by atoms with Gasteiger partial charge in [-0.05, 0) is 37.3 Å². The molecule has 0 fully saturated rings. The van der Waals surface area contributed by atoms with E-state index in [1.807, 2.05) is 0 Å². The number of primary amides is 1. The Bertz CT molecular complexity index is 1300. The molecule has 2 amide bonds. The molecule has 0 aromatic heterocycles. The van der Waals surface area contributed by atoms with Gasteiger partial charge in [0.2, 0.25) is 5.78 Å². The number of carbonyl (C=O) groups is 4. The van der Waals surface area contributed by atoms with Crippen molar-refractivity contribution in [3.05, 3.63) is 45.4 Å². The molecule has 3 aliphatic rings. The Hall–Kier alpha value is -4.06. The molecule has 198 valence electrons. The fourth-order valence-corrected chi connectivity index (χ4v) is 5.60. The summed E-state index contributed by atoms with van der Waals surface area (Å²) in [5, 5.41) is 46.3. The maximum Gasteiger partial charge on any atom is 0.407 e. The van der Waals surface area contributed by atoms with Gasteiger partial charge in [-0.15, -0.1) is 0 Å². The van der Waals surface area contributed by atoms with Crippen LogP contribution in [0.2, 0.25) is 0 Å². The number of benzene rings is 1. The van der Waals surface area contributed by atoms with Gasteiger partial charge in [0.1, 0.15) is 22.8 Å². The number of hydrogen-bond acceptors (Lipinski definition) is 10. The molecule has 0 saturated heterocycles. The Labute approximate surface area is 212 Å². The van der Waals surface area contributed by atoms with Gasteiger partial charge in [-0.3, -0.25) is 14.4 Å². The van der Waals surface area contributed by atoms with Gasteiger partial charge in [-0.25, -0.2) is 4.79 Å². The van der Waals surface area contributed by atoms with E-state index in [1.165, 1.54) is 0 Å². The average Bonchev–Trinajstić information content (AvgIpc) is 2.80. The highest BCUT2D eigenvalue weighted by atomic mass is 16.5. The Balaban J connectivity index is 1.85. The quantitative estimate of drug-likeness (QED) is 0.306. The minimum absolute atomic E-state index is 0.0444. The van der Waals surface area contributed by atoms with E-state index >= 15 is 0 Å². The number of aliphatic hydroxyl groups excluding tert-OH is 2. The summed E-state index contributed by atoms with van der Waals surface area (Å²) >= 11 is 0. The zero-order chi connectivity index (χ0) is 27.4. The Morgan fingerprint density at radius 2 is 1.89 bits per heavy atom. The van der Waals surface area contributed by atoms with Crippen LogP contribution in [0.5, 0.6) is 5.75 Å². The van der Waals surface area contributed by atoms with Crippen molar-refractivity contribution < 1.29 is 44.3 Å². The first kappa shape index (κ1) is 26.0. The first-order valence-electron chi connectivity index (χ1n) is 11.8. The molecule has 0 saturated carbocycles. The number of carbonyl (C=O) groups excluding carboxylic acids is 4. The number of ether oxygens (including phenoxy) is 1. The number of phenols is 1. The zero-order valence-corrected chi connectivity index (χ0v) is 20.6.